The molecule has 0 unspecified atom stereocenters. The molecule has 1 amide bonds. The van der Waals surface area contributed by atoms with E-state index < -0.39 is 0 Å². The Morgan fingerprint density at radius 3 is 2.80 bits per heavy atom. The Hall–Kier alpha value is -1.57. The summed E-state index contributed by atoms with van der Waals surface area (Å²) in [5.41, 5.74) is 4.98. The van der Waals surface area contributed by atoms with Crippen molar-refractivity contribution in [2.45, 2.75) is 71.1 Å². The number of carbonyl (C=O) groups is 1. The zero-order valence-electron chi connectivity index (χ0n) is 16.3. The van der Waals surface area contributed by atoms with E-state index in [4.69, 9.17) is 0 Å². The van der Waals surface area contributed by atoms with Gasteiger partial charge in [0.25, 0.3) is 0 Å². The minimum absolute atomic E-state index is 0.0497. The smallest absolute Gasteiger partial charge is 0.243 e. The van der Waals surface area contributed by atoms with E-state index in [1.807, 2.05) is 0 Å². The van der Waals surface area contributed by atoms with Crippen molar-refractivity contribution in [3.8, 4) is 0 Å². The van der Waals surface area contributed by atoms with Crippen LogP contribution in [0.4, 0.5) is 0 Å². The Morgan fingerprint density at radius 1 is 1.36 bits per heavy atom. The zero-order valence-corrected chi connectivity index (χ0v) is 16.3. The fourth-order valence-corrected chi connectivity index (χ4v) is 5.58. The van der Waals surface area contributed by atoms with Crippen molar-refractivity contribution in [3.05, 3.63) is 47.5 Å². The highest BCUT2D eigenvalue weighted by molar-refractivity contribution is 5.86. The van der Waals surface area contributed by atoms with E-state index in [0.29, 0.717) is 11.8 Å². The van der Waals surface area contributed by atoms with E-state index in [0.717, 1.165) is 6.54 Å². The maximum absolute atomic E-state index is 11.7. The molecule has 0 saturated heterocycles. The van der Waals surface area contributed by atoms with Crippen LogP contribution in [0, 0.1) is 11.3 Å². The lowest BCUT2D eigenvalue weighted by atomic mass is 9.49. The first-order valence-electron chi connectivity index (χ1n) is 9.84. The lowest BCUT2D eigenvalue weighted by Crippen LogP contribution is -2.53. The van der Waals surface area contributed by atoms with Crippen molar-refractivity contribution >= 4 is 5.91 Å². The van der Waals surface area contributed by atoms with Gasteiger partial charge in [-0.25, -0.2) is 0 Å². The summed E-state index contributed by atoms with van der Waals surface area (Å²) >= 11 is 0. The molecule has 2 aliphatic carbocycles. The molecule has 3 rings (SSSR count). The SMILES string of the molecule is C=CC(=O)NC[C@]1(C)CCC[C@]2(C)c3ccc(C(C)C)cc3CC[C@@H]12. The molecule has 25 heavy (non-hydrogen) atoms. The van der Waals surface area contributed by atoms with Gasteiger partial charge in [0.2, 0.25) is 5.91 Å². The number of hydrogen-bond acceptors (Lipinski definition) is 1. The van der Waals surface area contributed by atoms with E-state index >= 15 is 0 Å². The van der Waals surface area contributed by atoms with E-state index in [9.17, 15) is 4.79 Å². The molecule has 1 aromatic carbocycles. The number of carbonyl (C=O) groups excluding carboxylic acids is 1. The predicted octanol–water partition coefficient (Wildman–Crippen LogP) is 5.12. The molecule has 1 aromatic rings. The summed E-state index contributed by atoms with van der Waals surface area (Å²) in [4.78, 5) is 11.7. The molecule has 0 bridgehead atoms. The molecule has 0 heterocycles. The summed E-state index contributed by atoms with van der Waals surface area (Å²) in [6, 6.07) is 7.19. The standard InChI is InChI=1S/C23H33NO/c1-6-21(25)24-15-22(4)12-7-13-23(5)19-10-8-17(16(2)3)14-18(19)9-11-20(22)23/h6,8,10,14,16,20H,1,7,9,11-13,15H2,2-5H3,(H,24,25)/t20-,22-,23+/m0/s1. The molecule has 1 N–H and O–H groups in total. The fraction of sp³-hybridized carbons (Fsp3) is 0.609. The Morgan fingerprint density at radius 2 is 2.12 bits per heavy atom. The highest BCUT2D eigenvalue weighted by atomic mass is 16.1. The first-order chi connectivity index (χ1) is 11.8. The average Bonchev–Trinajstić information content (AvgIpc) is 2.59. The third kappa shape index (κ3) is 3.16. The van der Waals surface area contributed by atoms with E-state index in [-0.39, 0.29) is 16.7 Å². The minimum Gasteiger partial charge on any atom is -0.352 e. The van der Waals surface area contributed by atoms with Gasteiger partial charge in [0, 0.05) is 6.54 Å². The van der Waals surface area contributed by atoms with Gasteiger partial charge in [-0.1, -0.05) is 58.9 Å². The van der Waals surface area contributed by atoms with Crippen LogP contribution in [0.25, 0.3) is 0 Å². The van der Waals surface area contributed by atoms with Gasteiger partial charge in [0.15, 0.2) is 0 Å². The Balaban J connectivity index is 1.92. The minimum atomic E-state index is -0.0497. The van der Waals surface area contributed by atoms with Gasteiger partial charge in [-0.3, -0.25) is 4.79 Å². The molecular formula is C23H33NO. The van der Waals surface area contributed by atoms with Crippen LogP contribution in [0.2, 0.25) is 0 Å². The van der Waals surface area contributed by atoms with Crippen molar-refractivity contribution in [2.75, 3.05) is 6.54 Å². The highest BCUT2D eigenvalue weighted by Gasteiger charge is 2.51. The number of hydrogen-bond donors (Lipinski definition) is 1. The Bertz CT molecular complexity index is 677. The largest absolute Gasteiger partial charge is 0.352 e. The topological polar surface area (TPSA) is 29.1 Å². The normalized spacial score (nSPS) is 31.2. The molecular weight excluding hydrogens is 306 g/mol. The number of benzene rings is 1. The van der Waals surface area contributed by atoms with Crippen molar-refractivity contribution in [2.24, 2.45) is 11.3 Å². The van der Waals surface area contributed by atoms with Crippen LogP contribution >= 0.6 is 0 Å². The van der Waals surface area contributed by atoms with Gasteiger partial charge in [-0.05, 0) is 71.1 Å². The quantitative estimate of drug-likeness (QED) is 0.758. The molecule has 136 valence electrons. The van der Waals surface area contributed by atoms with Crippen LogP contribution in [-0.4, -0.2) is 12.5 Å². The van der Waals surface area contributed by atoms with Crippen LogP contribution in [0.1, 0.15) is 76.0 Å². The summed E-state index contributed by atoms with van der Waals surface area (Å²) < 4.78 is 0. The molecule has 0 aromatic heterocycles. The number of amides is 1. The molecule has 2 nitrogen and oxygen atoms in total. The fourth-order valence-electron chi connectivity index (χ4n) is 5.58. The van der Waals surface area contributed by atoms with Gasteiger partial charge in [-0.2, -0.15) is 0 Å². The maximum atomic E-state index is 11.7. The molecule has 3 atom stereocenters. The van der Waals surface area contributed by atoms with Gasteiger partial charge >= 0.3 is 0 Å². The summed E-state index contributed by atoms with van der Waals surface area (Å²) in [6.45, 7) is 13.7. The van der Waals surface area contributed by atoms with E-state index in [2.05, 4.69) is 57.8 Å². The predicted molar refractivity (Wildman–Crippen MR) is 105 cm³/mol. The lowest BCUT2D eigenvalue weighted by Gasteiger charge is -2.55. The Labute approximate surface area is 153 Å². The van der Waals surface area contributed by atoms with E-state index in [1.54, 1.807) is 11.1 Å². The van der Waals surface area contributed by atoms with E-state index in [1.165, 1.54) is 43.7 Å². The first-order valence-corrected chi connectivity index (χ1v) is 9.84. The summed E-state index contributed by atoms with van der Waals surface area (Å²) in [6.07, 6.45) is 7.47. The van der Waals surface area contributed by atoms with Crippen LogP contribution in [0.15, 0.2) is 30.9 Å². The molecule has 0 spiro atoms. The molecule has 2 heteroatoms. The number of nitrogens with one attached hydrogen (secondary N) is 1. The highest BCUT2D eigenvalue weighted by Crippen LogP contribution is 2.57. The van der Waals surface area contributed by atoms with Crippen LogP contribution < -0.4 is 5.32 Å². The molecule has 1 saturated carbocycles. The summed E-state index contributed by atoms with van der Waals surface area (Å²) in [5, 5.41) is 3.08. The number of aryl methyl sites for hydroxylation is 1. The molecule has 0 aliphatic heterocycles. The summed E-state index contributed by atoms with van der Waals surface area (Å²) in [7, 11) is 0. The van der Waals surface area contributed by atoms with Crippen molar-refractivity contribution < 1.29 is 4.79 Å². The van der Waals surface area contributed by atoms with Gasteiger partial charge in [-0.15, -0.1) is 0 Å². The van der Waals surface area contributed by atoms with Crippen molar-refractivity contribution in [1.29, 1.82) is 0 Å². The van der Waals surface area contributed by atoms with Crippen LogP contribution in [0.5, 0.6) is 0 Å². The zero-order chi connectivity index (χ0) is 18.2. The lowest BCUT2D eigenvalue weighted by molar-refractivity contribution is -0.117. The van der Waals surface area contributed by atoms with Crippen molar-refractivity contribution in [3.63, 3.8) is 0 Å². The molecule has 0 radical (unpaired) electrons. The second-order valence-corrected chi connectivity index (χ2v) is 9.01. The van der Waals surface area contributed by atoms with Crippen molar-refractivity contribution in [1.82, 2.24) is 5.32 Å². The Kier molecular flexibility index (Phi) is 4.83. The summed E-state index contributed by atoms with van der Waals surface area (Å²) in [5.74, 6) is 1.16. The third-order valence-corrected chi connectivity index (χ3v) is 7.02. The molecule has 1 fully saturated rings. The van der Waals surface area contributed by atoms with Gasteiger partial charge < -0.3 is 5.32 Å². The van der Waals surface area contributed by atoms with Crippen LogP contribution in [0.3, 0.4) is 0 Å². The van der Waals surface area contributed by atoms with Gasteiger partial charge in [0.1, 0.15) is 0 Å². The number of fused-ring (bicyclic) bond motifs is 3. The second kappa shape index (κ2) is 6.63. The van der Waals surface area contributed by atoms with Gasteiger partial charge in [0.05, 0.1) is 0 Å². The maximum Gasteiger partial charge on any atom is 0.243 e. The van der Waals surface area contributed by atoms with Crippen LogP contribution in [-0.2, 0) is 16.6 Å². The third-order valence-electron chi connectivity index (χ3n) is 7.02. The number of rotatable bonds is 4. The second-order valence-electron chi connectivity index (χ2n) is 9.01. The monoisotopic (exact) mass is 339 g/mol. The average molecular weight is 340 g/mol. The first kappa shape index (κ1) is 18.2. The molecule has 2 aliphatic rings.